The normalized spacial score (nSPS) is 10.7. The fourth-order valence-corrected chi connectivity index (χ4v) is 2.15. The standard InChI is InChI=1S/C18H34O4/c1-4-7-8-9-10-11-14-21-17(19)12-13-18(20)22-15-16(5-2)6-3/h16H,4-15H2,1-3H3. The quantitative estimate of drug-likeness (QED) is 0.346. The Labute approximate surface area is 135 Å². The van der Waals surface area contributed by atoms with Gasteiger partial charge in [-0.25, -0.2) is 0 Å². The summed E-state index contributed by atoms with van der Waals surface area (Å²) in [5, 5.41) is 0. The molecular weight excluding hydrogens is 280 g/mol. The summed E-state index contributed by atoms with van der Waals surface area (Å²) in [6.07, 6.45) is 9.24. The minimum Gasteiger partial charge on any atom is -0.466 e. The van der Waals surface area contributed by atoms with Gasteiger partial charge in [0.15, 0.2) is 0 Å². The summed E-state index contributed by atoms with van der Waals surface area (Å²) in [4.78, 5) is 23.0. The maximum absolute atomic E-state index is 11.5. The highest BCUT2D eigenvalue weighted by Gasteiger charge is 2.11. The molecule has 0 aromatic rings. The zero-order valence-corrected chi connectivity index (χ0v) is 14.7. The smallest absolute Gasteiger partial charge is 0.306 e. The van der Waals surface area contributed by atoms with Crippen molar-refractivity contribution >= 4 is 11.9 Å². The van der Waals surface area contributed by atoms with Crippen LogP contribution in [0.2, 0.25) is 0 Å². The summed E-state index contributed by atoms with van der Waals surface area (Å²) >= 11 is 0. The molecule has 4 heteroatoms. The van der Waals surface area contributed by atoms with Crippen molar-refractivity contribution in [3.05, 3.63) is 0 Å². The van der Waals surface area contributed by atoms with E-state index in [1.807, 2.05) is 0 Å². The molecule has 0 unspecified atom stereocenters. The second kappa shape index (κ2) is 14.9. The number of ether oxygens (including phenoxy) is 2. The lowest BCUT2D eigenvalue weighted by Crippen LogP contribution is -2.15. The van der Waals surface area contributed by atoms with Gasteiger partial charge in [-0.1, -0.05) is 65.7 Å². The molecule has 0 aliphatic heterocycles. The SMILES string of the molecule is CCCCCCCCOC(=O)CCC(=O)OCC(CC)CC. The lowest BCUT2D eigenvalue weighted by molar-refractivity contribution is -0.151. The van der Waals surface area contributed by atoms with Gasteiger partial charge in [0, 0.05) is 0 Å². The van der Waals surface area contributed by atoms with Gasteiger partial charge in [-0.15, -0.1) is 0 Å². The van der Waals surface area contributed by atoms with E-state index in [0.29, 0.717) is 19.1 Å². The first-order valence-corrected chi connectivity index (χ1v) is 8.95. The molecule has 0 atom stereocenters. The van der Waals surface area contributed by atoms with Crippen LogP contribution in [0.25, 0.3) is 0 Å². The van der Waals surface area contributed by atoms with Gasteiger partial charge in [0.2, 0.25) is 0 Å². The van der Waals surface area contributed by atoms with Crippen LogP contribution in [0.15, 0.2) is 0 Å². The third kappa shape index (κ3) is 12.7. The summed E-state index contributed by atoms with van der Waals surface area (Å²) in [7, 11) is 0. The molecule has 0 heterocycles. The first-order chi connectivity index (χ1) is 10.6. The average molecular weight is 314 g/mol. The van der Waals surface area contributed by atoms with Gasteiger partial charge in [-0.2, -0.15) is 0 Å². The van der Waals surface area contributed by atoms with Gasteiger partial charge in [-0.05, 0) is 12.3 Å². The second-order valence-electron chi connectivity index (χ2n) is 5.85. The highest BCUT2D eigenvalue weighted by molar-refractivity contribution is 5.77. The summed E-state index contributed by atoms with van der Waals surface area (Å²) in [5.41, 5.74) is 0. The first-order valence-electron chi connectivity index (χ1n) is 8.95. The molecule has 0 fully saturated rings. The van der Waals surface area contributed by atoms with Gasteiger partial charge in [0.05, 0.1) is 26.1 Å². The Morgan fingerprint density at radius 2 is 1.32 bits per heavy atom. The van der Waals surface area contributed by atoms with Gasteiger partial charge in [0.1, 0.15) is 0 Å². The predicted molar refractivity (Wildman–Crippen MR) is 88.6 cm³/mol. The Morgan fingerprint density at radius 1 is 0.773 bits per heavy atom. The predicted octanol–water partition coefficient (Wildman–Crippen LogP) is 4.65. The molecule has 4 nitrogen and oxygen atoms in total. The number of carbonyl (C=O) groups is 2. The number of rotatable bonds is 14. The van der Waals surface area contributed by atoms with Crippen LogP contribution in [0.4, 0.5) is 0 Å². The molecule has 0 saturated carbocycles. The fourth-order valence-electron chi connectivity index (χ4n) is 2.15. The maximum Gasteiger partial charge on any atom is 0.306 e. The molecule has 0 amide bonds. The van der Waals surface area contributed by atoms with Crippen LogP contribution >= 0.6 is 0 Å². The van der Waals surface area contributed by atoms with E-state index in [0.717, 1.165) is 25.7 Å². The average Bonchev–Trinajstić information content (AvgIpc) is 2.53. The lowest BCUT2D eigenvalue weighted by atomic mass is 10.1. The van der Waals surface area contributed by atoms with Crippen LogP contribution in [0.1, 0.15) is 85.0 Å². The van der Waals surface area contributed by atoms with Gasteiger partial charge < -0.3 is 9.47 Å². The van der Waals surface area contributed by atoms with Crippen LogP contribution in [0, 0.1) is 5.92 Å². The monoisotopic (exact) mass is 314 g/mol. The topological polar surface area (TPSA) is 52.6 Å². The molecule has 130 valence electrons. The number of unbranched alkanes of at least 4 members (excludes halogenated alkanes) is 5. The Hall–Kier alpha value is -1.06. The Morgan fingerprint density at radius 3 is 1.91 bits per heavy atom. The van der Waals surface area contributed by atoms with E-state index >= 15 is 0 Å². The summed E-state index contributed by atoms with van der Waals surface area (Å²) < 4.78 is 10.3. The molecule has 0 aliphatic rings. The summed E-state index contributed by atoms with van der Waals surface area (Å²) in [6.45, 7) is 7.28. The molecule has 0 saturated heterocycles. The van der Waals surface area contributed by atoms with Crippen molar-refractivity contribution in [3.8, 4) is 0 Å². The highest BCUT2D eigenvalue weighted by Crippen LogP contribution is 2.09. The number of esters is 2. The fraction of sp³-hybridized carbons (Fsp3) is 0.889. The minimum atomic E-state index is -0.302. The Kier molecular flexibility index (Phi) is 14.1. The van der Waals surface area contributed by atoms with E-state index in [2.05, 4.69) is 20.8 Å². The van der Waals surface area contributed by atoms with E-state index in [4.69, 9.17) is 9.47 Å². The van der Waals surface area contributed by atoms with Crippen LogP contribution in [0.5, 0.6) is 0 Å². The molecule has 0 aromatic heterocycles. The van der Waals surface area contributed by atoms with Gasteiger partial charge >= 0.3 is 11.9 Å². The van der Waals surface area contributed by atoms with Crippen LogP contribution in [-0.4, -0.2) is 25.2 Å². The zero-order valence-electron chi connectivity index (χ0n) is 14.7. The van der Waals surface area contributed by atoms with Crippen LogP contribution in [0.3, 0.4) is 0 Å². The molecular formula is C18H34O4. The number of carbonyl (C=O) groups excluding carboxylic acids is 2. The van der Waals surface area contributed by atoms with Crippen molar-refractivity contribution in [1.82, 2.24) is 0 Å². The van der Waals surface area contributed by atoms with E-state index in [-0.39, 0.29) is 24.8 Å². The van der Waals surface area contributed by atoms with E-state index in [1.165, 1.54) is 25.7 Å². The Balaban J connectivity index is 3.50. The van der Waals surface area contributed by atoms with Crippen molar-refractivity contribution in [2.24, 2.45) is 5.92 Å². The van der Waals surface area contributed by atoms with Crippen molar-refractivity contribution in [2.75, 3.05) is 13.2 Å². The van der Waals surface area contributed by atoms with E-state index in [1.54, 1.807) is 0 Å². The Bertz CT molecular complexity index is 285. The molecule has 0 bridgehead atoms. The largest absolute Gasteiger partial charge is 0.466 e. The molecule has 0 aromatic carbocycles. The molecule has 0 radical (unpaired) electrons. The molecule has 0 N–H and O–H groups in total. The maximum atomic E-state index is 11.5. The molecule has 22 heavy (non-hydrogen) atoms. The third-order valence-corrected chi connectivity index (χ3v) is 3.93. The lowest BCUT2D eigenvalue weighted by Gasteiger charge is -2.12. The zero-order chi connectivity index (χ0) is 16.6. The van der Waals surface area contributed by atoms with Crippen molar-refractivity contribution in [2.45, 2.75) is 85.0 Å². The van der Waals surface area contributed by atoms with Crippen LogP contribution < -0.4 is 0 Å². The number of hydrogen-bond acceptors (Lipinski definition) is 4. The van der Waals surface area contributed by atoms with Crippen LogP contribution in [-0.2, 0) is 19.1 Å². The summed E-state index contributed by atoms with van der Waals surface area (Å²) in [6, 6.07) is 0. The van der Waals surface area contributed by atoms with Gasteiger partial charge in [-0.3, -0.25) is 9.59 Å². The van der Waals surface area contributed by atoms with E-state index in [9.17, 15) is 9.59 Å². The van der Waals surface area contributed by atoms with Gasteiger partial charge in [0.25, 0.3) is 0 Å². The van der Waals surface area contributed by atoms with Crippen molar-refractivity contribution in [3.63, 3.8) is 0 Å². The highest BCUT2D eigenvalue weighted by atomic mass is 16.5. The van der Waals surface area contributed by atoms with E-state index < -0.39 is 0 Å². The van der Waals surface area contributed by atoms with Crippen molar-refractivity contribution < 1.29 is 19.1 Å². The number of hydrogen-bond donors (Lipinski definition) is 0. The molecule has 0 aliphatic carbocycles. The summed E-state index contributed by atoms with van der Waals surface area (Å²) in [5.74, 6) is -0.180. The van der Waals surface area contributed by atoms with Crippen molar-refractivity contribution in [1.29, 1.82) is 0 Å². The molecule has 0 rings (SSSR count). The second-order valence-corrected chi connectivity index (χ2v) is 5.85. The first kappa shape index (κ1) is 20.9. The molecule has 0 spiro atoms. The third-order valence-electron chi connectivity index (χ3n) is 3.93. The minimum absolute atomic E-state index is 0.121.